The smallest absolute Gasteiger partial charge is 0.255 e. The maximum atomic E-state index is 12.2. The van der Waals surface area contributed by atoms with Crippen molar-refractivity contribution in [2.24, 2.45) is 11.7 Å². The van der Waals surface area contributed by atoms with Gasteiger partial charge >= 0.3 is 0 Å². The second-order valence-corrected chi connectivity index (χ2v) is 4.66. The maximum absolute atomic E-state index is 12.2. The number of aryl methyl sites for hydroxylation is 1. The molecule has 1 aromatic heterocycles. The summed E-state index contributed by atoms with van der Waals surface area (Å²) in [6, 6.07) is 3.72. The number of amides is 1. The highest BCUT2D eigenvalue weighted by Crippen LogP contribution is 2.17. The predicted octanol–water partition coefficient (Wildman–Crippen LogP) is 2.04. The van der Waals surface area contributed by atoms with Crippen LogP contribution in [-0.4, -0.2) is 35.4 Å². The van der Waals surface area contributed by atoms with Gasteiger partial charge in [0.1, 0.15) is 0 Å². The summed E-state index contributed by atoms with van der Waals surface area (Å²) >= 11 is 0. The van der Waals surface area contributed by atoms with E-state index in [-0.39, 0.29) is 30.7 Å². The van der Waals surface area contributed by atoms with Crippen molar-refractivity contribution in [1.82, 2.24) is 9.88 Å². The predicted molar refractivity (Wildman–Crippen MR) is 81.2 cm³/mol. The van der Waals surface area contributed by atoms with Crippen molar-refractivity contribution in [3.63, 3.8) is 0 Å². The van der Waals surface area contributed by atoms with Crippen LogP contribution in [0.25, 0.3) is 0 Å². The molecule has 1 amide bonds. The second-order valence-electron chi connectivity index (χ2n) is 4.66. The number of pyridine rings is 1. The molecule has 2 rings (SSSR count). The Bertz CT molecular complexity index is 389. The van der Waals surface area contributed by atoms with Crippen LogP contribution in [-0.2, 0) is 0 Å². The van der Waals surface area contributed by atoms with Gasteiger partial charge in [0.15, 0.2) is 0 Å². The Labute approximate surface area is 126 Å². The van der Waals surface area contributed by atoms with Crippen molar-refractivity contribution in [2.75, 3.05) is 19.6 Å². The summed E-state index contributed by atoms with van der Waals surface area (Å²) in [5, 5.41) is 0. The fourth-order valence-electron chi connectivity index (χ4n) is 2.15. The first kappa shape index (κ1) is 18.2. The van der Waals surface area contributed by atoms with E-state index in [1.54, 1.807) is 6.20 Å². The van der Waals surface area contributed by atoms with Crippen LogP contribution in [0.1, 0.15) is 28.9 Å². The average molecular weight is 306 g/mol. The zero-order chi connectivity index (χ0) is 12.3. The van der Waals surface area contributed by atoms with E-state index in [0.29, 0.717) is 11.5 Å². The Kier molecular flexibility index (Phi) is 7.99. The number of rotatable bonds is 2. The molecule has 1 aliphatic heterocycles. The Morgan fingerprint density at radius 1 is 1.37 bits per heavy atom. The van der Waals surface area contributed by atoms with Crippen LogP contribution >= 0.6 is 24.8 Å². The van der Waals surface area contributed by atoms with Crippen LogP contribution in [0.5, 0.6) is 0 Å². The minimum atomic E-state index is 0. The molecule has 1 aromatic rings. The molecule has 19 heavy (non-hydrogen) atoms. The molecular formula is C13H21Cl2N3O. The van der Waals surface area contributed by atoms with Gasteiger partial charge in [-0.05, 0) is 44.4 Å². The minimum absolute atomic E-state index is 0. The van der Waals surface area contributed by atoms with Crippen molar-refractivity contribution >= 4 is 30.7 Å². The van der Waals surface area contributed by atoms with E-state index in [1.165, 1.54) is 0 Å². The average Bonchev–Trinajstić information content (AvgIpc) is 2.39. The molecule has 0 aliphatic carbocycles. The zero-order valence-corrected chi connectivity index (χ0v) is 12.7. The van der Waals surface area contributed by atoms with Gasteiger partial charge in [-0.2, -0.15) is 0 Å². The Balaban J connectivity index is 0.00000162. The number of likely N-dealkylation sites (tertiary alicyclic amines) is 1. The fourth-order valence-corrected chi connectivity index (χ4v) is 2.15. The summed E-state index contributed by atoms with van der Waals surface area (Å²) in [6.45, 7) is 4.28. The molecule has 2 heterocycles. The van der Waals surface area contributed by atoms with Gasteiger partial charge in [0.25, 0.3) is 5.91 Å². The Morgan fingerprint density at radius 3 is 2.47 bits per heavy atom. The van der Waals surface area contributed by atoms with E-state index >= 15 is 0 Å². The number of carbonyl (C=O) groups excluding carboxylic acids is 1. The fraction of sp³-hybridized carbons (Fsp3) is 0.538. The van der Waals surface area contributed by atoms with E-state index in [0.717, 1.165) is 38.2 Å². The summed E-state index contributed by atoms with van der Waals surface area (Å²) in [6.07, 6.45) is 3.69. The Hall–Kier alpha value is -0.840. The molecule has 0 aromatic carbocycles. The molecule has 6 heteroatoms. The van der Waals surface area contributed by atoms with Crippen molar-refractivity contribution < 1.29 is 4.79 Å². The van der Waals surface area contributed by atoms with Crippen molar-refractivity contribution in [2.45, 2.75) is 19.8 Å². The highest BCUT2D eigenvalue weighted by atomic mass is 35.5. The van der Waals surface area contributed by atoms with Crippen molar-refractivity contribution in [3.8, 4) is 0 Å². The van der Waals surface area contributed by atoms with Crippen LogP contribution in [0.15, 0.2) is 18.3 Å². The molecule has 1 saturated heterocycles. The van der Waals surface area contributed by atoms with Gasteiger partial charge in [-0.25, -0.2) is 0 Å². The lowest BCUT2D eigenvalue weighted by atomic mass is 9.97. The van der Waals surface area contributed by atoms with E-state index in [2.05, 4.69) is 4.98 Å². The van der Waals surface area contributed by atoms with Crippen LogP contribution in [0.4, 0.5) is 0 Å². The summed E-state index contributed by atoms with van der Waals surface area (Å²) in [4.78, 5) is 18.2. The quantitative estimate of drug-likeness (QED) is 0.909. The number of hydrogen-bond acceptors (Lipinski definition) is 3. The highest BCUT2D eigenvalue weighted by Gasteiger charge is 2.22. The van der Waals surface area contributed by atoms with Crippen molar-refractivity contribution in [3.05, 3.63) is 29.6 Å². The summed E-state index contributed by atoms with van der Waals surface area (Å²) < 4.78 is 0. The van der Waals surface area contributed by atoms with Gasteiger partial charge in [-0.15, -0.1) is 24.8 Å². The van der Waals surface area contributed by atoms with Crippen molar-refractivity contribution in [1.29, 1.82) is 0 Å². The minimum Gasteiger partial charge on any atom is -0.339 e. The molecule has 0 bridgehead atoms. The van der Waals surface area contributed by atoms with Crippen LogP contribution in [0.2, 0.25) is 0 Å². The molecule has 0 saturated carbocycles. The number of halogens is 2. The van der Waals surface area contributed by atoms with E-state index < -0.39 is 0 Å². The van der Waals surface area contributed by atoms with E-state index in [4.69, 9.17) is 5.73 Å². The number of nitrogens with zero attached hydrogens (tertiary/aromatic N) is 2. The lowest BCUT2D eigenvalue weighted by molar-refractivity contribution is 0.0693. The van der Waals surface area contributed by atoms with Gasteiger partial charge in [0, 0.05) is 25.0 Å². The largest absolute Gasteiger partial charge is 0.339 e. The molecular weight excluding hydrogens is 285 g/mol. The van der Waals surface area contributed by atoms with Crippen LogP contribution in [0.3, 0.4) is 0 Å². The Morgan fingerprint density at radius 2 is 2.00 bits per heavy atom. The molecule has 2 N–H and O–H groups in total. The highest BCUT2D eigenvalue weighted by molar-refractivity contribution is 5.93. The molecule has 0 radical (unpaired) electrons. The number of hydrogen-bond donors (Lipinski definition) is 1. The first-order valence-electron chi connectivity index (χ1n) is 6.12. The number of aromatic nitrogens is 1. The normalized spacial score (nSPS) is 15.4. The van der Waals surface area contributed by atoms with Crippen LogP contribution < -0.4 is 5.73 Å². The summed E-state index contributed by atoms with van der Waals surface area (Å²) in [5.74, 6) is 0.670. The van der Waals surface area contributed by atoms with Gasteiger partial charge in [-0.3, -0.25) is 9.78 Å². The first-order valence-corrected chi connectivity index (χ1v) is 6.12. The maximum Gasteiger partial charge on any atom is 0.255 e. The third-order valence-electron chi connectivity index (χ3n) is 3.39. The van der Waals surface area contributed by atoms with Gasteiger partial charge in [0.05, 0.1) is 5.56 Å². The molecule has 1 fully saturated rings. The molecule has 108 valence electrons. The van der Waals surface area contributed by atoms with Gasteiger partial charge in [-0.1, -0.05) is 0 Å². The standard InChI is InChI=1S/C13H19N3O.2ClH/c1-10-2-3-12(9-15-10)13(17)16-6-4-11(8-14)5-7-16;;/h2-3,9,11H,4-8,14H2,1H3;2*1H. The van der Waals surface area contributed by atoms with E-state index in [1.807, 2.05) is 24.0 Å². The van der Waals surface area contributed by atoms with E-state index in [9.17, 15) is 4.79 Å². The monoisotopic (exact) mass is 305 g/mol. The molecule has 4 nitrogen and oxygen atoms in total. The lowest BCUT2D eigenvalue weighted by Crippen LogP contribution is -2.40. The third kappa shape index (κ3) is 4.64. The summed E-state index contributed by atoms with van der Waals surface area (Å²) in [5.41, 5.74) is 7.26. The number of piperidine rings is 1. The SMILES string of the molecule is Cc1ccc(C(=O)N2CCC(CN)CC2)cn1.Cl.Cl. The summed E-state index contributed by atoms with van der Waals surface area (Å²) in [7, 11) is 0. The molecule has 0 spiro atoms. The third-order valence-corrected chi connectivity index (χ3v) is 3.39. The lowest BCUT2D eigenvalue weighted by Gasteiger charge is -2.31. The second kappa shape index (κ2) is 8.35. The van der Waals surface area contributed by atoms with Crippen LogP contribution in [0, 0.1) is 12.8 Å². The topological polar surface area (TPSA) is 59.2 Å². The molecule has 0 atom stereocenters. The zero-order valence-electron chi connectivity index (χ0n) is 11.0. The number of nitrogens with two attached hydrogens (primary N) is 1. The van der Waals surface area contributed by atoms with Gasteiger partial charge in [0.2, 0.25) is 0 Å². The first-order chi connectivity index (χ1) is 8.20. The number of carbonyl (C=O) groups is 1. The molecule has 0 unspecified atom stereocenters. The van der Waals surface area contributed by atoms with Gasteiger partial charge < -0.3 is 10.6 Å². The molecule has 1 aliphatic rings.